The number of hydrogen-bond donors (Lipinski definition) is 0. The third-order valence-corrected chi connectivity index (χ3v) is 2.33. The van der Waals surface area contributed by atoms with E-state index in [0.717, 1.165) is 11.1 Å². The van der Waals surface area contributed by atoms with Crippen molar-refractivity contribution in [3.05, 3.63) is 65.7 Å². The van der Waals surface area contributed by atoms with Gasteiger partial charge in [0.2, 0.25) is 0 Å². The number of ether oxygens (including phenoxy) is 1. The molecule has 0 amide bonds. The van der Waals surface area contributed by atoms with Crippen LogP contribution in [-0.4, -0.2) is 6.47 Å². The van der Waals surface area contributed by atoms with Crippen molar-refractivity contribution in [2.24, 2.45) is 0 Å². The van der Waals surface area contributed by atoms with E-state index in [1.165, 1.54) is 0 Å². The average molecular weight is 224 g/mol. The predicted octanol–water partition coefficient (Wildman–Crippen LogP) is 3.39. The lowest BCUT2D eigenvalue weighted by Crippen LogP contribution is -1.87. The van der Waals surface area contributed by atoms with E-state index >= 15 is 0 Å². The summed E-state index contributed by atoms with van der Waals surface area (Å²) < 4.78 is 4.72. The summed E-state index contributed by atoms with van der Waals surface area (Å²) in [5.41, 5.74) is 2.22. The first-order valence-corrected chi connectivity index (χ1v) is 5.32. The van der Waals surface area contributed by atoms with Crippen molar-refractivity contribution >= 4 is 18.6 Å². The van der Waals surface area contributed by atoms with Crippen molar-refractivity contribution < 1.29 is 9.53 Å². The molecule has 0 aromatic heterocycles. The summed E-state index contributed by atoms with van der Waals surface area (Å²) in [6, 6.07) is 17.4. The highest BCUT2D eigenvalue weighted by Gasteiger charge is 1.91. The third kappa shape index (κ3) is 3.31. The summed E-state index contributed by atoms with van der Waals surface area (Å²) in [7, 11) is 0. The minimum absolute atomic E-state index is 0.425. The monoisotopic (exact) mass is 224 g/mol. The Morgan fingerprint density at radius 2 is 1.35 bits per heavy atom. The number of rotatable bonds is 4. The Kier molecular flexibility index (Phi) is 3.71. The summed E-state index contributed by atoms with van der Waals surface area (Å²) >= 11 is 0. The SMILES string of the molecule is O=COc1ccc(C=Cc2ccccc2)cc1. The van der Waals surface area contributed by atoms with Gasteiger partial charge in [0.25, 0.3) is 6.47 Å². The molecule has 2 aromatic carbocycles. The second-order valence-electron chi connectivity index (χ2n) is 3.53. The fourth-order valence-corrected chi connectivity index (χ4v) is 1.47. The van der Waals surface area contributed by atoms with Gasteiger partial charge in [-0.3, -0.25) is 4.79 Å². The van der Waals surface area contributed by atoms with Gasteiger partial charge in [0.15, 0.2) is 0 Å². The van der Waals surface area contributed by atoms with E-state index in [9.17, 15) is 4.79 Å². The van der Waals surface area contributed by atoms with Gasteiger partial charge >= 0.3 is 0 Å². The zero-order valence-electron chi connectivity index (χ0n) is 9.24. The Balaban J connectivity index is 2.08. The van der Waals surface area contributed by atoms with Gasteiger partial charge in [-0.05, 0) is 23.3 Å². The van der Waals surface area contributed by atoms with Crippen molar-refractivity contribution in [1.29, 1.82) is 0 Å². The molecule has 2 heteroatoms. The summed E-state index contributed by atoms with van der Waals surface area (Å²) in [5, 5.41) is 0. The van der Waals surface area contributed by atoms with Crippen LogP contribution in [0.15, 0.2) is 54.6 Å². The molecule has 0 spiro atoms. The molecule has 0 unspecified atom stereocenters. The van der Waals surface area contributed by atoms with Crippen LogP contribution >= 0.6 is 0 Å². The van der Waals surface area contributed by atoms with Crippen LogP contribution in [0.1, 0.15) is 11.1 Å². The minimum Gasteiger partial charge on any atom is -0.429 e. The van der Waals surface area contributed by atoms with Crippen LogP contribution in [0.2, 0.25) is 0 Å². The van der Waals surface area contributed by atoms with E-state index in [0.29, 0.717) is 12.2 Å². The largest absolute Gasteiger partial charge is 0.429 e. The maximum atomic E-state index is 10.1. The molecule has 84 valence electrons. The number of hydrogen-bond acceptors (Lipinski definition) is 2. The molecule has 0 aliphatic carbocycles. The Morgan fingerprint density at radius 1 is 0.765 bits per heavy atom. The van der Waals surface area contributed by atoms with Gasteiger partial charge in [-0.15, -0.1) is 0 Å². The highest BCUT2D eigenvalue weighted by Crippen LogP contribution is 2.13. The highest BCUT2D eigenvalue weighted by molar-refractivity contribution is 5.69. The quantitative estimate of drug-likeness (QED) is 0.587. The standard InChI is InChI=1S/C15H12O2/c16-12-17-15-10-8-14(9-11-15)7-6-13-4-2-1-3-5-13/h1-12H. The first-order chi connectivity index (χ1) is 8.38. The molecular weight excluding hydrogens is 212 g/mol. The predicted molar refractivity (Wildman–Crippen MR) is 68.5 cm³/mol. The summed E-state index contributed by atoms with van der Waals surface area (Å²) in [4.78, 5) is 10.1. The van der Waals surface area contributed by atoms with E-state index in [1.807, 2.05) is 54.6 Å². The maximum absolute atomic E-state index is 10.1. The number of carbonyl (C=O) groups is 1. The number of benzene rings is 2. The van der Waals surface area contributed by atoms with Crippen LogP contribution in [0.25, 0.3) is 12.2 Å². The van der Waals surface area contributed by atoms with E-state index in [4.69, 9.17) is 4.74 Å². The lowest BCUT2D eigenvalue weighted by Gasteiger charge is -1.98. The van der Waals surface area contributed by atoms with Gasteiger partial charge in [0, 0.05) is 0 Å². The van der Waals surface area contributed by atoms with Gasteiger partial charge in [0.1, 0.15) is 5.75 Å². The molecule has 0 atom stereocenters. The smallest absolute Gasteiger partial charge is 0.298 e. The minimum atomic E-state index is 0.425. The molecule has 0 bridgehead atoms. The Labute approximate surface area is 100 Å². The van der Waals surface area contributed by atoms with Crippen molar-refractivity contribution in [3.8, 4) is 5.75 Å². The second kappa shape index (κ2) is 5.66. The van der Waals surface area contributed by atoms with Crippen LogP contribution in [-0.2, 0) is 4.79 Å². The molecule has 2 nitrogen and oxygen atoms in total. The highest BCUT2D eigenvalue weighted by atomic mass is 16.5. The Morgan fingerprint density at radius 3 is 1.94 bits per heavy atom. The van der Waals surface area contributed by atoms with Gasteiger partial charge in [-0.25, -0.2) is 0 Å². The molecular formula is C15H12O2. The van der Waals surface area contributed by atoms with E-state index < -0.39 is 0 Å². The molecule has 17 heavy (non-hydrogen) atoms. The molecule has 0 aliphatic heterocycles. The fourth-order valence-electron chi connectivity index (χ4n) is 1.47. The zero-order valence-corrected chi connectivity index (χ0v) is 9.24. The normalized spacial score (nSPS) is 10.4. The molecule has 0 saturated carbocycles. The Hall–Kier alpha value is -2.35. The third-order valence-electron chi connectivity index (χ3n) is 2.33. The first-order valence-electron chi connectivity index (χ1n) is 5.32. The zero-order chi connectivity index (χ0) is 11.9. The Bertz CT molecular complexity index is 498. The van der Waals surface area contributed by atoms with Crippen LogP contribution < -0.4 is 4.74 Å². The van der Waals surface area contributed by atoms with Gasteiger partial charge in [-0.2, -0.15) is 0 Å². The summed E-state index contributed by atoms with van der Waals surface area (Å²) in [5.74, 6) is 0.553. The topological polar surface area (TPSA) is 26.3 Å². The molecule has 2 rings (SSSR count). The van der Waals surface area contributed by atoms with Crippen LogP contribution in [0.4, 0.5) is 0 Å². The molecule has 0 aliphatic rings. The fraction of sp³-hybridized carbons (Fsp3) is 0. The molecule has 0 radical (unpaired) electrons. The molecule has 0 fully saturated rings. The number of carbonyl (C=O) groups excluding carboxylic acids is 1. The lowest BCUT2D eigenvalue weighted by molar-refractivity contribution is -0.120. The maximum Gasteiger partial charge on any atom is 0.298 e. The van der Waals surface area contributed by atoms with Gasteiger partial charge in [-0.1, -0.05) is 54.6 Å². The van der Waals surface area contributed by atoms with Crippen molar-refractivity contribution in [3.63, 3.8) is 0 Å². The van der Waals surface area contributed by atoms with Gasteiger partial charge in [0.05, 0.1) is 0 Å². The van der Waals surface area contributed by atoms with Crippen LogP contribution in [0.3, 0.4) is 0 Å². The van der Waals surface area contributed by atoms with Crippen LogP contribution in [0, 0.1) is 0 Å². The van der Waals surface area contributed by atoms with Crippen LogP contribution in [0.5, 0.6) is 5.75 Å². The molecule has 0 N–H and O–H groups in total. The average Bonchev–Trinajstić information content (AvgIpc) is 2.40. The first kappa shape index (κ1) is 11.1. The van der Waals surface area contributed by atoms with E-state index in [-0.39, 0.29) is 0 Å². The molecule has 0 saturated heterocycles. The lowest BCUT2D eigenvalue weighted by atomic mass is 10.1. The second-order valence-corrected chi connectivity index (χ2v) is 3.53. The summed E-state index contributed by atoms with van der Waals surface area (Å²) in [6.45, 7) is 0.425. The van der Waals surface area contributed by atoms with Crippen molar-refractivity contribution in [2.75, 3.05) is 0 Å². The summed E-state index contributed by atoms with van der Waals surface area (Å²) in [6.07, 6.45) is 4.05. The van der Waals surface area contributed by atoms with E-state index in [2.05, 4.69) is 0 Å². The molecule has 2 aromatic rings. The van der Waals surface area contributed by atoms with Crippen molar-refractivity contribution in [1.82, 2.24) is 0 Å². The molecule has 0 heterocycles. The van der Waals surface area contributed by atoms with Gasteiger partial charge < -0.3 is 4.74 Å². The van der Waals surface area contributed by atoms with E-state index in [1.54, 1.807) is 12.1 Å². The van der Waals surface area contributed by atoms with Crippen molar-refractivity contribution in [2.45, 2.75) is 0 Å².